The third kappa shape index (κ3) is 2.52. The van der Waals surface area contributed by atoms with Crippen LogP contribution in [0, 0.1) is 18.3 Å². The molecule has 108 valence electrons. The highest BCUT2D eigenvalue weighted by atomic mass is 16.5. The Morgan fingerprint density at radius 2 is 2.14 bits per heavy atom. The maximum Gasteiger partial charge on any atom is 0.136 e. The second-order valence-electron chi connectivity index (χ2n) is 5.49. The lowest BCUT2D eigenvalue weighted by molar-refractivity contribution is 0.412. The van der Waals surface area contributed by atoms with Crippen molar-refractivity contribution < 1.29 is 4.74 Å². The summed E-state index contributed by atoms with van der Waals surface area (Å²) in [5.74, 6) is 1.71. The van der Waals surface area contributed by atoms with Crippen LogP contribution in [0.4, 0.5) is 0 Å². The molecule has 0 atom stereocenters. The van der Waals surface area contributed by atoms with Crippen LogP contribution in [0.3, 0.4) is 0 Å². The molecule has 1 aliphatic rings. The maximum absolute atomic E-state index is 9.05. The number of nitriles is 1. The van der Waals surface area contributed by atoms with E-state index in [0.29, 0.717) is 11.3 Å². The lowest BCUT2D eigenvalue weighted by atomic mass is 10.0. The van der Waals surface area contributed by atoms with Gasteiger partial charge in [0.25, 0.3) is 0 Å². The van der Waals surface area contributed by atoms with E-state index in [0.717, 1.165) is 30.8 Å². The molecule has 1 heterocycles. The fourth-order valence-electron chi connectivity index (χ4n) is 3.05. The van der Waals surface area contributed by atoms with Crippen molar-refractivity contribution in [3.63, 3.8) is 0 Å². The van der Waals surface area contributed by atoms with Crippen LogP contribution < -0.4 is 4.74 Å². The van der Waals surface area contributed by atoms with Crippen molar-refractivity contribution in [3.05, 3.63) is 46.5 Å². The number of fused-ring (bicyclic) bond motifs is 1. The summed E-state index contributed by atoms with van der Waals surface area (Å²) < 4.78 is 7.59. The summed E-state index contributed by atoms with van der Waals surface area (Å²) in [7, 11) is 1.60. The average Bonchev–Trinajstić information content (AvgIpc) is 2.83. The normalized spacial score (nSPS) is 13.6. The number of nitrogens with zero attached hydrogens (tertiary/aromatic N) is 3. The number of rotatable bonds is 3. The Balaban J connectivity index is 1.94. The molecule has 0 radical (unpaired) electrons. The van der Waals surface area contributed by atoms with Gasteiger partial charge in [0, 0.05) is 12.2 Å². The van der Waals surface area contributed by atoms with E-state index in [4.69, 9.17) is 15.0 Å². The zero-order valence-corrected chi connectivity index (χ0v) is 12.5. The molecule has 2 aromatic rings. The first-order valence-corrected chi connectivity index (χ1v) is 7.35. The first-order chi connectivity index (χ1) is 10.2. The van der Waals surface area contributed by atoms with E-state index in [2.05, 4.69) is 17.6 Å². The van der Waals surface area contributed by atoms with E-state index in [-0.39, 0.29) is 0 Å². The Kier molecular flexibility index (Phi) is 3.66. The van der Waals surface area contributed by atoms with Crippen molar-refractivity contribution in [3.8, 4) is 11.8 Å². The van der Waals surface area contributed by atoms with Crippen molar-refractivity contribution in [1.82, 2.24) is 9.55 Å². The van der Waals surface area contributed by atoms with Crippen LogP contribution in [0.15, 0.2) is 18.2 Å². The Morgan fingerprint density at radius 3 is 2.90 bits per heavy atom. The van der Waals surface area contributed by atoms with E-state index in [1.165, 1.54) is 24.2 Å². The third-order valence-corrected chi connectivity index (χ3v) is 4.15. The van der Waals surface area contributed by atoms with Gasteiger partial charge in [-0.15, -0.1) is 0 Å². The number of hydrogen-bond acceptors (Lipinski definition) is 3. The lowest BCUT2D eigenvalue weighted by Gasteiger charge is -2.15. The molecule has 0 N–H and O–H groups in total. The molecule has 0 fully saturated rings. The lowest BCUT2D eigenvalue weighted by Crippen LogP contribution is -2.10. The Bertz CT molecular complexity index is 710. The maximum atomic E-state index is 9.05. The summed E-state index contributed by atoms with van der Waals surface area (Å²) in [5.41, 5.74) is 4.35. The number of imidazole rings is 1. The van der Waals surface area contributed by atoms with E-state index < -0.39 is 0 Å². The number of methoxy groups -OCH3 is 1. The van der Waals surface area contributed by atoms with Crippen LogP contribution in [-0.4, -0.2) is 16.7 Å². The largest absolute Gasteiger partial charge is 0.495 e. The summed E-state index contributed by atoms with van der Waals surface area (Å²) >= 11 is 0. The average molecular weight is 281 g/mol. The van der Waals surface area contributed by atoms with E-state index in [1.54, 1.807) is 7.11 Å². The van der Waals surface area contributed by atoms with Gasteiger partial charge in [-0.1, -0.05) is 6.07 Å². The minimum absolute atomic E-state index is 0.575. The van der Waals surface area contributed by atoms with Gasteiger partial charge >= 0.3 is 0 Å². The standard InChI is InChI=1S/C17H19N3O/c1-12-19-15-5-3-4-6-16(15)20(12)11-13-7-8-14(10-18)17(9-13)21-2/h7-9H,3-6,11H2,1-2H3. The quantitative estimate of drug-likeness (QED) is 0.869. The van der Waals surface area contributed by atoms with Crippen molar-refractivity contribution in [2.24, 2.45) is 0 Å². The molecule has 1 aliphatic carbocycles. The summed E-state index contributed by atoms with van der Waals surface area (Å²) in [6.07, 6.45) is 4.70. The van der Waals surface area contributed by atoms with Gasteiger partial charge in [0.05, 0.1) is 18.4 Å². The summed E-state index contributed by atoms with van der Waals surface area (Å²) in [6, 6.07) is 7.92. The Morgan fingerprint density at radius 1 is 1.33 bits per heavy atom. The molecule has 0 aliphatic heterocycles. The van der Waals surface area contributed by atoms with Crippen molar-refractivity contribution in [1.29, 1.82) is 5.26 Å². The summed E-state index contributed by atoms with van der Waals surface area (Å²) in [4.78, 5) is 4.70. The zero-order valence-electron chi connectivity index (χ0n) is 12.5. The molecule has 0 bridgehead atoms. The highest BCUT2D eigenvalue weighted by molar-refractivity contribution is 5.45. The molecule has 0 spiro atoms. The topological polar surface area (TPSA) is 50.8 Å². The molecule has 0 saturated carbocycles. The Hall–Kier alpha value is -2.28. The molecule has 0 amide bonds. The molecule has 3 rings (SSSR count). The molecule has 4 heteroatoms. The minimum atomic E-state index is 0.575. The van der Waals surface area contributed by atoms with E-state index >= 15 is 0 Å². The first kappa shape index (κ1) is 13.7. The summed E-state index contributed by atoms with van der Waals surface area (Å²) in [5, 5.41) is 9.05. The SMILES string of the molecule is COc1cc(Cn2c(C)nc3c2CCCC3)ccc1C#N. The number of benzene rings is 1. The van der Waals surface area contributed by atoms with Gasteiger partial charge in [0.1, 0.15) is 17.6 Å². The van der Waals surface area contributed by atoms with Crippen molar-refractivity contribution >= 4 is 0 Å². The van der Waals surface area contributed by atoms with Crippen molar-refractivity contribution in [2.45, 2.75) is 39.2 Å². The monoisotopic (exact) mass is 281 g/mol. The first-order valence-electron chi connectivity index (χ1n) is 7.35. The summed E-state index contributed by atoms with van der Waals surface area (Å²) in [6.45, 7) is 2.86. The van der Waals surface area contributed by atoms with Crippen LogP contribution in [0.25, 0.3) is 0 Å². The van der Waals surface area contributed by atoms with Gasteiger partial charge in [-0.2, -0.15) is 5.26 Å². The number of aryl methyl sites for hydroxylation is 2. The van der Waals surface area contributed by atoms with Gasteiger partial charge in [-0.25, -0.2) is 4.98 Å². The highest BCUT2D eigenvalue weighted by Crippen LogP contribution is 2.25. The zero-order chi connectivity index (χ0) is 14.8. The van der Waals surface area contributed by atoms with Crippen LogP contribution in [0.1, 0.15) is 41.2 Å². The molecule has 21 heavy (non-hydrogen) atoms. The second-order valence-corrected chi connectivity index (χ2v) is 5.49. The second kappa shape index (κ2) is 5.61. The predicted octanol–water partition coefficient (Wildman–Crippen LogP) is 3.00. The van der Waals surface area contributed by atoms with Gasteiger partial charge in [-0.3, -0.25) is 0 Å². The molecular weight excluding hydrogens is 262 g/mol. The third-order valence-electron chi connectivity index (χ3n) is 4.15. The van der Waals surface area contributed by atoms with Crippen molar-refractivity contribution in [2.75, 3.05) is 7.11 Å². The van der Waals surface area contributed by atoms with Gasteiger partial charge in [0.2, 0.25) is 0 Å². The van der Waals surface area contributed by atoms with Crippen LogP contribution in [0.5, 0.6) is 5.75 Å². The number of aromatic nitrogens is 2. The molecule has 0 saturated heterocycles. The van der Waals surface area contributed by atoms with Gasteiger partial charge in [-0.05, 0) is 50.3 Å². The smallest absolute Gasteiger partial charge is 0.136 e. The molecule has 0 unspecified atom stereocenters. The molecule has 1 aromatic heterocycles. The molecule has 4 nitrogen and oxygen atoms in total. The molecule has 1 aromatic carbocycles. The predicted molar refractivity (Wildman–Crippen MR) is 80.4 cm³/mol. The molecular formula is C17H19N3O. The van der Waals surface area contributed by atoms with Crippen LogP contribution in [0.2, 0.25) is 0 Å². The minimum Gasteiger partial charge on any atom is -0.495 e. The van der Waals surface area contributed by atoms with Crippen LogP contribution >= 0.6 is 0 Å². The number of ether oxygens (including phenoxy) is 1. The fraction of sp³-hybridized carbons (Fsp3) is 0.412. The number of hydrogen-bond donors (Lipinski definition) is 0. The fourth-order valence-corrected chi connectivity index (χ4v) is 3.05. The van der Waals surface area contributed by atoms with Crippen LogP contribution in [-0.2, 0) is 19.4 Å². The van der Waals surface area contributed by atoms with E-state index in [1.807, 2.05) is 18.2 Å². The highest BCUT2D eigenvalue weighted by Gasteiger charge is 2.18. The Labute approximate surface area is 125 Å². The van der Waals surface area contributed by atoms with Gasteiger partial charge < -0.3 is 9.30 Å². The van der Waals surface area contributed by atoms with Gasteiger partial charge in [0.15, 0.2) is 0 Å². The van der Waals surface area contributed by atoms with E-state index in [9.17, 15) is 0 Å².